The van der Waals surface area contributed by atoms with Gasteiger partial charge >= 0.3 is 0 Å². The van der Waals surface area contributed by atoms with Crippen LogP contribution in [0.5, 0.6) is 0 Å². The van der Waals surface area contributed by atoms with Gasteiger partial charge in [-0.2, -0.15) is 0 Å². The Morgan fingerprint density at radius 3 is 1.37 bits per heavy atom. The molecule has 0 fully saturated rings. The third kappa shape index (κ3) is 2.82. The molecular weight excluding hydrogens is 326 g/mol. The molecule has 1 heteroatoms. The van der Waals surface area contributed by atoms with Crippen LogP contribution < -0.4 is 5.32 Å². The van der Waals surface area contributed by atoms with Crippen molar-refractivity contribution in [2.45, 2.75) is 11.8 Å². The summed E-state index contributed by atoms with van der Waals surface area (Å²) in [5.41, 5.74) is 7.82. The summed E-state index contributed by atoms with van der Waals surface area (Å²) in [4.78, 5) is 0. The Bertz CT molecular complexity index is 969. The lowest BCUT2D eigenvalue weighted by Gasteiger charge is -2.35. The van der Waals surface area contributed by atoms with E-state index < -0.39 is 0 Å². The van der Waals surface area contributed by atoms with Gasteiger partial charge in [0.2, 0.25) is 0 Å². The van der Waals surface area contributed by atoms with E-state index in [1.54, 1.807) is 0 Å². The normalized spacial score (nSPS) is 12.9. The van der Waals surface area contributed by atoms with Crippen molar-refractivity contribution in [3.63, 3.8) is 0 Å². The predicted octanol–water partition coefficient (Wildman–Crippen LogP) is 6.71. The molecule has 4 aromatic rings. The van der Waals surface area contributed by atoms with Gasteiger partial charge in [0.15, 0.2) is 0 Å². The first-order chi connectivity index (χ1) is 13.4. The number of rotatable bonds is 3. The second-order valence-corrected chi connectivity index (χ2v) is 7.08. The Balaban J connectivity index is 1.77. The maximum Gasteiger partial charge on any atom is 0.0423 e. The molecule has 0 saturated carbocycles. The van der Waals surface area contributed by atoms with Crippen LogP contribution in [0.15, 0.2) is 109 Å². The average Bonchev–Trinajstić information content (AvgIpc) is 2.75. The Morgan fingerprint density at radius 1 is 0.481 bits per heavy atom. The lowest BCUT2D eigenvalue weighted by Crippen LogP contribution is -2.20. The van der Waals surface area contributed by atoms with E-state index >= 15 is 0 Å². The Kier molecular flexibility index (Phi) is 3.99. The van der Waals surface area contributed by atoms with Crippen LogP contribution in [-0.2, 0) is 0 Å². The van der Waals surface area contributed by atoms with Crippen LogP contribution >= 0.6 is 0 Å². The number of anilines is 2. The highest BCUT2D eigenvalue weighted by Gasteiger charge is 2.33. The summed E-state index contributed by atoms with van der Waals surface area (Å²) in [6, 6.07) is 39.2. The quantitative estimate of drug-likeness (QED) is 0.434. The van der Waals surface area contributed by atoms with Gasteiger partial charge in [0.25, 0.3) is 0 Å². The van der Waals surface area contributed by atoms with Crippen LogP contribution in [0.2, 0.25) is 0 Å². The second-order valence-electron chi connectivity index (χ2n) is 7.08. The van der Waals surface area contributed by atoms with Crippen LogP contribution in [0, 0.1) is 0 Å². The summed E-state index contributed by atoms with van der Waals surface area (Å²) in [7, 11) is 0. The molecule has 0 unspecified atom stereocenters. The molecule has 130 valence electrons. The van der Waals surface area contributed by atoms with E-state index in [1.165, 1.54) is 33.6 Å². The lowest BCUT2D eigenvalue weighted by atomic mass is 9.71. The van der Waals surface area contributed by atoms with Gasteiger partial charge in [-0.3, -0.25) is 0 Å². The second kappa shape index (κ2) is 6.77. The first-order valence-electron chi connectivity index (χ1n) is 9.46. The van der Waals surface area contributed by atoms with E-state index in [0.717, 1.165) is 0 Å². The molecule has 0 aromatic heterocycles. The summed E-state index contributed by atoms with van der Waals surface area (Å²) in [6.45, 7) is 0. The highest BCUT2D eigenvalue weighted by atomic mass is 14.9. The van der Waals surface area contributed by atoms with Gasteiger partial charge < -0.3 is 5.32 Å². The van der Waals surface area contributed by atoms with Crippen LogP contribution in [0.4, 0.5) is 11.4 Å². The number of hydrogen-bond donors (Lipinski definition) is 1. The third-order valence-electron chi connectivity index (χ3n) is 5.51. The van der Waals surface area contributed by atoms with Crippen LogP contribution in [0.25, 0.3) is 0 Å². The van der Waals surface area contributed by atoms with Crippen molar-refractivity contribution in [1.82, 2.24) is 0 Å². The molecular formula is C26H21N. The van der Waals surface area contributed by atoms with E-state index in [1.807, 2.05) is 0 Å². The van der Waals surface area contributed by atoms with Crippen molar-refractivity contribution in [3.05, 3.63) is 131 Å². The minimum Gasteiger partial charge on any atom is -0.355 e. The fourth-order valence-electron chi connectivity index (χ4n) is 4.33. The minimum absolute atomic E-state index is 0.261. The van der Waals surface area contributed by atoms with Crippen LogP contribution in [0.3, 0.4) is 0 Å². The fraction of sp³-hybridized carbons (Fsp3) is 0.0769. The molecule has 1 nitrogen and oxygen atoms in total. The van der Waals surface area contributed by atoms with E-state index in [9.17, 15) is 0 Å². The molecule has 5 rings (SSSR count). The summed E-state index contributed by atoms with van der Waals surface area (Å²) in [6.07, 6.45) is 0. The monoisotopic (exact) mass is 347 g/mol. The van der Waals surface area contributed by atoms with E-state index in [0.29, 0.717) is 0 Å². The summed E-state index contributed by atoms with van der Waals surface area (Å²) in [5, 5.41) is 3.63. The lowest BCUT2D eigenvalue weighted by molar-refractivity contribution is 0.691. The van der Waals surface area contributed by atoms with E-state index in [4.69, 9.17) is 0 Å². The van der Waals surface area contributed by atoms with Gasteiger partial charge in [-0.25, -0.2) is 0 Å². The van der Waals surface area contributed by atoms with Crippen molar-refractivity contribution in [3.8, 4) is 0 Å². The highest BCUT2D eigenvalue weighted by molar-refractivity contribution is 5.74. The van der Waals surface area contributed by atoms with Crippen molar-refractivity contribution < 1.29 is 0 Å². The zero-order valence-electron chi connectivity index (χ0n) is 15.0. The molecule has 1 aliphatic heterocycles. The van der Waals surface area contributed by atoms with Crippen LogP contribution in [0.1, 0.15) is 34.1 Å². The van der Waals surface area contributed by atoms with Crippen molar-refractivity contribution in [1.29, 1.82) is 0 Å². The van der Waals surface area contributed by atoms with Gasteiger partial charge in [0, 0.05) is 23.2 Å². The summed E-state index contributed by atoms with van der Waals surface area (Å²) in [5.74, 6) is 0.528. The SMILES string of the molecule is c1ccc(C(c2ccccc2)C2c3ccccc3Nc3ccccc32)cc1. The van der Waals surface area contributed by atoms with Crippen molar-refractivity contribution in [2.75, 3.05) is 5.32 Å². The van der Waals surface area contributed by atoms with Gasteiger partial charge in [-0.15, -0.1) is 0 Å². The molecule has 0 bridgehead atoms. The third-order valence-corrected chi connectivity index (χ3v) is 5.51. The van der Waals surface area contributed by atoms with Gasteiger partial charge in [0.1, 0.15) is 0 Å². The van der Waals surface area contributed by atoms with Gasteiger partial charge in [-0.1, -0.05) is 97.1 Å². The van der Waals surface area contributed by atoms with Crippen molar-refractivity contribution in [2.24, 2.45) is 0 Å². The molecule has 1 aliphatic rings. The zero-order chi connectivity index (χ0) is 18.1. The molecule has 0 spiro atoms. The van der Waals surface area contributed by atoms with E-state index in [-0.39, 0.29) is 11.8 Å². The highest BCUT2D eigenvalue weighted by Crippen LogP contribution is 2.50. The number of nitrogens with one attached hydrogen (secondary N) is 1. The van der Waals surface area contributed by atoms with E-state index in [2.05, 4.69) is 115 Å². The Hall–Kier alpha value is -3.32. The molecule has 27 heavy (non-hydrogen) atoms. The maximum absolute atomic E-state index is 3.63. The predicted molar refractivity (Wildman–Crippen MR) is 113 cm³/mol. The Labute approximate surface area is 160 Å². The minimum atomic E-state index is 0.261. The fourth-order valence-corrected chi connectivity index (χ4v) is 4.33. The van der Waals surface area contributed by atoms with Gasteiger partial charge in [-0.05, 0) is 34.4 Å². The molecule has 4 aromatic carbocycles. The number of hydrogen-bond acceptors (Lipinski definition) is 1. The molecule has 0 atom stereocenters. The smallest absolute Gasteiger partial charge is 0.0423 e. The first kappa shape index (κ1) is 15.9. The molecule has 0 aliphatic carbocycles. The molecule has 0 saturated heterocycles. The number of fused-ring (bicyclic) bond motifs is 2. The molecule has 1 heterocycles. The summed E-state index contributed by atoms with van der Waals surface area (Å²) < 4.78 is 0. The topological polar surface area (TPSA) is 12.0 Å². The van der Waals surface area contributed by atoms with Gasteiger partial charge in [0.05, 0.1) is 0 Å². The molecule has 1 N–H and O–H groups in total. The first-order valence-corrected chi connectivity index (χ1v) is 9.46. The zero-order valence-corrected chi connectivity index (χ0v) is 15.0. The largest absolute Gasteiger partial charge is 0.355 e. The van der Waals surface area contributed by atoms with Crippen LogP contribution in [-0.4, -0.2) is 0 Å². The molecule has 0 radical (unpaired) electrons. The summed E-state index contributed by atoms with van der Waals surface area (Å²) >= 11 is 0. The number of benzene rings is 4. The number of para-hydroxylation sites is 2. The van der Waals surface area contributed by atoms with Crippen molar-refractivity contribution >= 4 is 11.4 Å². The average molecular weight is 347 g/mol. The molecule has 0 amide bonds. The maximum atomic E-state index is 3.63. The Morgan fingerprint density at radius 2 is 0.889 bits per heavy atom. The standard InChI is InChI=1S/C26H21N/c1-3-11-19(12-4-1)25(20-13-5-2-6-14-20)26-21-15-7-9-17-23(21)27-24-18-10-8-16-22(24)26/h1-18,25-27H.